The van der Waals surface area contributed by atoms with Gasteiger partial charge in [-0.05, 0) is 31.0 Å². The number of halogens is 1. The van der Waals surface area contributed by atoms with E-state index >= 15 is 0 Å². The average molecular weight is 497 g/mol. The maximum absolute atomic E-state index is 6.64. The molecule has 0 aliphatic carbocycles. The Labute approximate surface area is 179 Å². The van der Waals surface area contributed by atoms with Crippen LogP contribution in [-0.2, 0) is 9.16 Å². The third-order valence-electron chi connectivity index (χ3n) is 5.32. The minimum atomic E-state index is -1.83. The summed E-state index contributed by atoms with van der Waals surface area (Å²) in [6, 6.07) is 0. The van der Waals surface area contributed by atoms with Gasteiger partial charge in [0.2, 0.25) is 0 Å². The van der Waals surface area contributed by atoms with Gasteiger partial charge in [-0.2, -0.15) is 0 Å². The van der Waals surface area contributed by atoms with Gasteiger partial charge in [-0.25, -0.2) is 0 Å². The van der Waals surface area contributed by atoms with E-state index in [9.17, 15) is 0 Å². The Bertz CT molecular complexity index is 364. The number of hydrogen-bond donors (Lipinski definition) is 0. The minimum Gasteiger partial charge on any atom is -0.391 e. The zero-order chi connectivity index (χ0) is 20.1. The fourth-order valence-electron chi connectivity index (χ4n) is 2.44. The first kappa shape index (κ1) is 26.6. The smallest absolute Gasteiger partial charge is 0.195 e. The number of hydrogen-bond acceptors (Lipinski definition) is 2. The second-order valence-electron chi connectivity index (χ2n) is 8.91. The summed E-state index contributed by atoms with van der Waals surface area (Å²) in [5.41, 5.74) is 0. The van der Waals surface area contributed by atoms with E-state index in [4.69, 9.17) is 9.16 Å². The first-order valence-electron chi connectivity index (χ1n) is 10.7. The number of alkyl halides is 1. The molecule has 0 spiro atoms. The zero-order valence-corrected chi connectivity index (χ0v) is 21.7. The topological polar surface area (TPSA) is 18.5 Å². The van der Waals surface area contributed by atoms with Crippen LogP contribution in [0.3, 0.4) is 0 Å². The molecule has 2 atom stereocenters. The Balaban J connectivity index is 4.59. The molecule has 0 bridgehead atoms. The maximum atomic E-state index is 6.64. The quantitative estimate of drug-likeness (QED) is 0.0567. The van der Waals surface area contributed by atoms with Crippen molar-refractivity contribution in [2.45, 2.75) is 121 Å². The Morgan fingerprint density at radius 2 is 1.54 bits per heavy atom. The van der Waals surface area contributed by atoms with Crippen LogP contribution < -0.4 is 0 Å². The van der Waals surface area contributed by atoms with Crippen molar-refractivity contribution in [2.75, 3.05) is 6.61 Å². The van der Waals surface area contributed by atoms with Gasteiger partial charge in [0.25, 0.3) is 0 Å². The first-order valence-corrected chi connectivity index (χ1v) is 14.9. The van der Waals surface area contributed by atoms with Crippen LogP contribution in [0.5, 0.6) is 0 Å². The highest BCUT2D eigenvalue weighted by Gasteiger charge is 2.40. The molecule has 0 radical (unpaired) electrons. The minimum absolute atomic E-state index is 0.0848. The number of rotatable bonds is 15. The van der Waals surface area contributed by atoms with E-state index in [1.54, 1.807) is 0 Å². The second-order valence-corrected chi connectivity index (χ2v) is 15.3. The molecule has 0 aromatic heterocycles. The molecule has 0 aromatic rings. The normalized spacial score (nSPS) is 15.5. The molecule has 0 aromatic carbocycles. The monoisotopic (exact) mass is 496 g/mol. The van der Waals surface area contributed by atoms with Crippen LogP contribution in [-0.4, -0.2) is 25.1 Å². The van der Waals surface area contributed by atoms with Crippen molar-refractivity contribution in [1.82, 2.24) is 0 Å². The molecule has 0 aliphatic rings. The lowest BCUT2D eigenvalue weighted by atomic mass is 10.1. The van der Waals surface area contributed by atoms with Crippen molar-refractivity contribution in [3.05, 3.63) is 12.2 Å². The first-order chi connectivity index (χ1) is 12.2. The van der Waals surface area contributed by atoms with Crippen molar-refractivity contribution in [1.29, 1.82) is 0 Å². The molecular formula is C22H45IO2Si. The van der Waals surface area contributed by atoms with Gasteiger partial charge in [-0.15, -0.1) is 0 Å². The molecular weight excluding hydrogens is 451 g/mol. The number of ether oxygens (including phenoxy) is 1. The molecule has 4 heteroatoms. The summed E-state index contributed by atoms with van der Waals surface area (Å²) in [6.45, 7) is 16.7. The van der Waals surface area contributed by atoms with E-state index in [2.05, 4.69) is 82.5 Å². The van der Waals surface area contributed by atoms with Crippen LogP contribution in [0.15, 0.2) is 12.2 Å². The van der Waals surface area contributed by atoms with Gasteiger partial charge in [0.1, 0.15) is 0 Å². The lowest BCUT2D eigenvalue weighted by Crippen LogP contribution is -2.47. The molecule has 156 valence electrons. The highest BCUT2D eigenvalue weighted by atomic mass is 127. The van der Waals surface area contributed by atoms with Gasteiger partial charge < -0.3 is 9.16 Å². The highest BCUT2D eigenvalue weighted by Crippen LogP contribution is 2.38. The van der Waals surface area contributed by atoms with Crippen LogP contribution in [0, 0.1) is 0 Å². The number of unbranched alkanes of at least 4 members (excludes halogenated alkanes) is 6. The Morgan fingerprint density at radius 1 is 0.923 bits per heavy atom. The van der Waals surface area contributed by atoms with Gasteiger partial charge >= 0.3 is 0 Å². The van der Waals surface area contributed by atoms with E-state index in [-0.39, 0.29) is 11.3 Å². The van der Waals surface area contributed by atoms with Gasteiger partial charge in [-0.1, -0.05) is 114 Å². The van der Waals surface area contributed by atoms with E-state index in [0.29, 0.717) is 10.5 Å². The fourth-order valence-corrected chi connectivity index (χ4v) is 4.68. The van der Waals surface area contributed by atoms with Crippen molar-refractivity contribution < 1.29 is 9.16 Å². The average Bonchev–Trinajstić information content (AvgIpc) is 2.55. The van der Waals surface area contributed by atoms with Crippen LogP contribution >= 0.6 is 22.6 Å². The second kappa shape index (κ2) is 14.6. The van der Waals surface area contributed by atoms with Crippen molar-refractivity contribution in [3.63, 3.8) is 0 Å². The molecule has 0 rings (SSSR count). The zero-order valence-electron chi connectivity index (χ0n) is 18.6. The molecule has 0 fully saturated rings. The van der Waals surface area contributed by atoms with E-state index in [0.717, 1.165) is 6.42 Å². The van der Waals surface area contributed by atoms with E-state index in [1.165, 1.54) is 51.4 Å². The highest BCUT2D eigenvalue weighted by molar-refractivity contribution is 14.1. The summed E-state index contributed by atoms with van der Waals surface area (Å²) in [5.74, 6) is 0. The predicted octanol–water partition coefficient (Wildman–Crippen LogP) is 8.26. The summed E-state index contributed by atoms with van der Waals surface area (Å²) in [5, 5.41) is 0.211. The van der Waals surface area contributed by atoms with E-state index in [1.807, 2.05) is 0 Å². The third-order valence-corrected chi connectivity index (χ3v) is 11.0. The van der Waals surface area contributed by atoms with Gasteiger partial charge in [0.05, 0.1) is 10.5 Å². The fraction of sp³-hybridized carbons (Fsp3) is 0.909. The molecule has 0 heterocycles. The van der Waals surface area contributed by atoms with Crippen LogP contribution in [0.1, 0.15) is 92.4 Å². The summed E-state index contributed by atoms with van der Waals surface area (Å²) >= 11 is 2.56. The Morgan fingerprint density at radius 3 is 2.12 bits per heavy atom. The maximum Gasteiger partial charge on any atom is 0.195 e. The van der Waals surface area contributed by atoms with Crippen molar-refractivity contribution in [3.8, 4) is 0 Å². The van der Waals surface area contributed by atoms with E-state index < -0.39 is 8.32 Å². The predicted molar refractivity (Wildman–Crippen MR) is 128 cm³/mol. The largest absolute Gasteiger partial charge is 0.391 e. The number of allylic oxidation sites excluding steroid dienone is 1. The molecule has 0 N–H and O–H groups in total. The SMILES string of the molecule is CCC/C=C/CO[C@H](O[Si](C)(C)C(C)(C)C)[C@H](I)CCCCCCCC. The molecule has 0 amide bonds. The third kappa shape index (κ3) is 12.1. The van der Waals surface area contributed by atoms with Crippen molar-refractivity contribution >= 4 is 30.9 Å². The lowest BCUT2D eigenvalue weighted by molar-refractivity contribution is -0.0761. The summed E-state index contributed by atoms with van der Waals surface area (Å²) in [6.07, 6.45) is 15.8. The Kier molecular flexibility index (Phi) is 14.9. The molecule has 0 saturated carbocycles. The lowest BCUT2D eigenvalue weighted by Gasteiger charge is -2.40. The standard InChI is InChI=1S/C22H45IO2Si/c1-8-10-12-14-15-16-18-20(23)21(24-19-17-13-11-9-2)25-26(6,7)22(3,4)5/h13,17,20-21H,8-12,14-16,18-19H2,1-7H3/b17-13+/t20-,21-/m1/s1. The summed E-state index contributed by atoms with van der Waals surface area (Å²) < 4.78 is 13.3. The molecule has 26 heavy (non-hydrogen) atoms. The molecule has 0 aliphatic heterocycles. The van der Waals surface area contributed by atoms with Crippen molar-refractivity contribution in [2.24, 2.45) is 0 Å². The summed E-state index contributed by atoms with van der Waals surface area (Å²) in [4.78, 5) is 0. The van der Waals surface area contributed by atoms with Gasteiger partial charge in [0, 0.05) is 0 Å². The molecule has 2 nitrogen and oxygen atoms in total. The van der Waals surface area contributed by atoms with Crippen LogP contribution in [0.2, 0.25) is 18.1 Å². The van der Waals surface area contributed by atoms with Crippen LogP contribution in [0.25, 0.3) is 0 Å². The van der Waals surface area contributed by atoms with Gasteiger partial charge in [0.15, 0.2) is 14.6 Å². The summed E-state index contributed by atoms with van der Waals surface area (Å²) in [7, 11) is -1.83. The molecule has 0 saturated heterocycles. The van der Waals surface area contributed by atoms with Gasteiger partial charge in [-0.3, -0.25) is 0 Å². The van der Waals surface area contributed by atoms with Crippen LogP contribution in [0.4, 0.5) is 0 Å². The Hall–Kier alpha value is 0.607. The molecule has 0 unspecified atom stereocenters.